The molecule has 0 aromatic heterocycles. The van der Waals surface area contributed by atoms with Crippen LogP contribution < -0.4 is 0 Å². The molecule has 11 heteroatoms. The van der Waals surface area contributed by atoms with Crippen LogP contribution in [-0.2, 0) is 47.7 Å². The first-order valence-corrected chi connectivity index (χ1v) is 9.23. The molecular formula is C18H25NO10. The minimum absolute atomic E-state index is 0.481. The summed E-state index contributed by atoms with van der Waals surface area (Å²) in [6, 6.07) is 0. The van der Waals surface area contributed by atoms with Crippen LogP contribution in [-0.4, -0.2) is 78.5 Å². The molecule has 0 aromatic rings. The molecule has 2 aliphatic heterocycles. The van der Waals surface area contributed by atoms with Crippen LogP contribution in [0.2, 0.25) is 0 Å². The number of hydrogen-bond donors (Lipinski definition) is 0. The van der Waals surface area contributed by atoms with E-state index in [9.17, 15) is 24.0 Å². The Kier molecular flexibility index (Phi) is 7.54. The summed E-state index contributed by atoms with van der Waals surface area (Å²) in [7, 11) is 0. The lowest BCUT2D eigenvalue weighted by molar-refractivity contribution is -0.292. The van der Waals surface area contributed by atoms with Crippen LogP contribution in [0.4, 0.5) is 0 Å². The Morgan fingerprint density at radius 3 is 1.62 bits per heavy atom. The molecule has 162 valence electrons. The van der Waals surface area contributed by atoms with E-state index in [1.807, 2.05) is 0 Å². The predicted octanol–water partition coefficient (Wildman–Crippen LogP) is -0.308. The van der Waals surface area contributed by atoms with E-state index in [0.717, 1.165) is 40.5 Å². The molecule has 0 aliphatic carbocycles. The number of carbonyl (C=O) groups is 5. The van der Waals surface area contributed by atoms with Crippen molar-refractivity contribution in [2.24, 2.45) is 0 Å². The predicted molar refractivity (Wildman–Crippen MR) is 92.9 cm³/mol. The smallest absolute Gasteiger partial charge is 0.305 e. The number of nitrogens with zero attached hydrogens (tertiary/aromatic N) is 1. The van der Waals surface area contributed by atoms with Gasteiger partial charge in [-0.2, -0.15) is 0 Å². The summed E-state index contributed by atoms with van der Waals surface area (Å²) in [5.74, 6) is -3.60. The van der Waals surface area contributed by atoms with Gasteiger partial charge < -0.3 is 28.6 Å². The summed E-state index contributed by atoms with van der Waals surface area (Å²) in [4.78, 5) is 61.0. The Morgan fingerprint density at radius 2 is 1.14 bits per heavy atom. The summed E-state index contributed by atoms with van der Waals surface area (Å²) in [6.45, 7) is 5.37. The van der Waals surface area contributed by atoms with Gasteiger partial charge in [-0.15, -0.1) is 0 Å². The summed E-state index contributed by atoms with van der Waals surface area (Å²) < 4.78 is 26.3. The van der Waals surface area contributed by atoms with Crippen LogP contribution in [0, 0.1) is 0 Å². The Morgan fingerprint density at radius 1 is 0.690 bits per heavy atom. The highest BCUT2D eigenvalue weighted by molar-refractivity contribution is 5.83. The van der Waals surface area contributed by atoms with Crippen molar-refractivity contribution in [2.45, 2.75) is 71.2 Å². The minimum atomic E-state index is -1.54. The Balaban J connectivity index is 2.45. The second-order valence-corrected chi connectivity index (χ2v) is 6.79. The zero-order valence-corrected chi connectivity index (χ0v) is 16.7. The van der Waals surface area contributed by atoms with Crippen LogP contribution in [0.1, 0.15) is 40.5 Å². The van der Waals surface area contributed by atoms with Crippen molar-refractivity contribution >= 4 is 29.8 Å². The molecule has 0 bridgehead atoms. The molecule has 2 aliphatic rings. The van der Waals surface area contributed by atoms with Crippen LogP contribution in [0.3, 0.4) is 0 Å². The van der Waals surface area contributed by atoms with Crippen LogP contribution in [0.15, 0.2) is 0 Å². The Labute approximate surface area is 167 Å². The highest BCUT2D eigenvalue weighted by Crippen LogP contribution is 2.31. The number of rotatable bonds is 5. The van der Waals surface area contributed by atoms with Crippen molar-refractivity contribution < 1.29 is 47.7 Å². The zero-order valence-electron chi connectivity index (χ0n) is 16.7. The van der Waals surface area contributed by atoms with Gasteiger partial charge in [0, 0.05) is 40.8 Å². The standard InChI is InChI=1S/C18H25NO10/c1-9(20)25-13-14(26-10(2)21)16(27-11(3)22)18(28-12(4)23)29-15(13)17(24)19-7-5-6-8-19/h13-16,18H,5-8H2,1-4H3/t13-,14-,15-,16+,18+/m0/s1. The van der Waals surface area contributed by atoms with Crippen LogP contribution in [0.25, 0.3) is 0 Å². The maximum absolute atomic E-state index is 13.0. The third-order valence-electron chi connectivity index (χ3n) is 4.34. The van der Waals surface area contributed by atoms with Crippen LogP contribution >= 0.6 is 0 Å². The van der Waals surface area contributed by atoms with E-state index in [0.29, 0.717) is 13.1 Å². The third-order valence-corrected chi connectivity index (χ3v) is 4.34. The van der Waals surface area contributed by atoms with Crippen LogP contribution in [0.5, 0.6) is 0 Å². The molecule has 0 unspecified atom stereocenters. The lowest BCUT2D eigenvalue weighted by Crippen LogP contribution is -2.65. The quantitative estimate of drug-likeness (QED) is 0.435. The summed E-state index contributed by atoms with van der Waals surface area (Å²) >= 11 is 0. The SMILES string of the molecule is CC(=O)O[C@@H]1O[C@H](C(=O)N2CCCC2)[C@@H](OC(C)=O)[C@H](OC(C)=O)[C@H]1OC(C)=O. The van der Waals surface area contributed by atoms with Crippen molar-refractivity contribution in [1.82, 2.24) is 4.90 Å². The minimum Gasteiger partial charge on any atom is -0.455 e. The summed E-state index contributed by atoms with van der Waals surface area (Å²) in [5, 5.41) is 0. The van der Waals surface area contributed by atoms with Gasteiger partial charge in [0.2, 0.25) is 12.4 Å². The maximum Gasteiger partial charge on any atom is 0.305 e. The van der Waals surface area contributed by atoms with Gasteiger partial charge in [-0.3, -0.25) is 24.0 Å². The van der Waals surface area contributed by atoms with Gasteiger partial charge in [0.05, 0.1) is 0 Å². The molecule has 2 rings (SSSR count). The lowest BCUT2D eigenvalue weighted by atomic mass is 9.96. The van der Waals surface area contributed by atoms with E-state index < -0.39 is 60.5 Å². The van der Waals surface area contributed by atoms with Gasteiger partial charge in [-0.1, -0.05) is 0 Å². The van der Waals surface area contributed by atoms with Crippen molar-refractivity contribution in [1.29, 1.82) is 0 Å². The summed E-state index contributed by atoms with van der Waals surface area (Å²) in [5.41, 5.74) is 0. The van der Waals surface area contributed by atoms with E-state index in [4.69, 9.17) is 23.7 Å². The molecule has 1 amide bonds. The molecule has 11 nitrogen and oxygen atoms in total. The van der Waals surface area contributed by atoms with Gasteiger partial charge >= 0.3 is 23.9 Å². The molecule has 0 radical (unpaired) electrons. The van der Waals surface area contributed by atoms with Crippen molar-refractivity contribution in [3.05, 3.63) is 0 Å². The van der Waals surface area contributed by atoms with Crippen molar-refractivity contribution in [3.8, 4) is 0 Å². The van der Waals surface area contributed by atoms with Crippen molar-refractivity contribution in [2.75, 3.05) is 13.1 Å². The van der Waals surface area contributed by atoms with Gasteiger partial charge in [-0.25, -0.2) is 0 Å². The fourth-order valence-corrected chi connectivity index (χ4v) is 3.35. The molecule has 0 spiro atoms. The number of likely N-dealkylation sites (tertiary alicyclic amines) is 1. The monoisotopic (exact) mass is 415 g/mol. The number of esters is 4. The molecule has 29 heavy (non-hydrogen) atoms. The Hall–Kier alpha value is -2.69. The van der Waals surface area contributed by atoms with Gasteiger partial charge in [0.25, 0.3) is 5.91 Å². The first kappa shape index (κ1) is 22.6. The second-order valence-electron chi connectivity index (χ2n) is 6.79. The van der Waals surface area contributed by atoms with E-state index in [2.05, 4.69) is 0 Å². The topological polar surface area (TPSA) is 135 Å². The molecule has 2 fully saturated rings. The van der Waals surface area contributed by atoms with Gasteiger partial charge in [0.1, 0.15) is 0 Å². The molecule has 2 heterocycles. The van der Waals surface area contributed by atoms with E-state index >= 15 is 0 Å². The van der Waals surface area contributed by atoms with E-state index in [1.54, 1.807) is 0 Å². The Bertz CT molecular complexity index is 672. The molecule has 2 saturated heterocycles. The molecule has 0 aromatic carbocycles. The first-order chi connectivity index (χ1) is 13.6. The third kappa shape index (κ3) is 5.89. The lowest BCUT2D eigenvalue weighted by Gasteiger charge is -2.43. The fourth-order valence-electron chi connectivity index (χ4n) is 3.35. The molecule has 5 atom stereocenters. The molecule has 0 saturated carbocycles. The van der Waals surface area contributed by atoms with Gasteiger partial charge in [0.15, 0.2) is 18.3 Å². The summed E-state index contributed by atoms with van der Waals surface area (Å²) in [6.07, 6.45) is -5.62. The number of ether oxygens (including phenoxy) is 5. The number of carbonyl (C=O) groups excluding carboxylic acids is 5. The van der Waals surface area contributed by atoms with E-state index in [-0.39, 0.29) is 0 Å². The van der Waals surface area contributed by atoms with Gasteiger partial charge in [-0.05, 0) is 12.8 Å². The average Bonchev–Trinajstić information content (AvgIpc) is 3.12. The first-order valence-electron chi connectivity index (χ1n) is 9.23. The maximum atomic E-state index is 13.0. The zero-order chi connectivity index (χ0) is 21.7. The average molecular weight is 415 g/mol. The van der Waals surface area contributed by atoms with E-state index in [1.165, 1.54) is 4.90 Å². The number of amides is 1. The van der Waals surface area contributed by atoms with Crippen molar-refractivity contribution in [3.63, 3.8) is 0 Å². The molecular weight excluding hydrogens is 390 g/mol. The number of hydrogen-bond acceptors (Lipinski definition) is 10. The fraction of sp³-hybridized carbons (Fsp3) is 0.722. The molecule has 0 N–H and O–H groups in total. The normalized spacial score (nSPS) is 29.0. The second kappa shape index (κ2) is 9.68. The largest absolute Gasteiger partial charge is 0.455 e. The highest BCUT2D eigenvalue weighted by Gasteiger charge is 2.56. The highest BCUT2D eigenvalue weighted by atomic mass is 16.7.